The van der Waals surface area contributed by atoms with Gasteiger partial charge >= 0.3 is 0 Å². The van der Waals surface area contributed by atoms with Crippen molar-refractivity contribution in [1.29, 1.82) is 0 Å². The first-order valence-corrected chi connectivity index (χ1v) is 10.5. The maximum atomic E-state index is 11.0. The van der Waals surface area contributed by atoms with Gasteiger partial charge in [0.2, 0.25) is 5.91 Å². The third kappa shape index (κ3) is 3.66. The summed E-state index contributed by atoms with van der Waals surface area (Å²) in [5, 5.41) is 8.17. The monoisotopic (exact) mass is 389 g/mol. The van der Waals surface area contributed by atoms with Crippen LogP contribution in [0, 0.1) is 0 Å². The molecule has 2 aromatic rings. The van der Waals surface area contributed by atoms with Crippen molar-refractivity contribution in [3.63, 3.8) is 0 Å². The maximum Gasteiger partial charge on any atom is 0.239 e. The van der Waals surface area contributed by atoms with Gasteiger partial charge in [-0.1, -0.05) is 12.1 Å². The number of ether oxygens (including phenoxy) is 1. The van der Waals surface area contributed by atoms with Crippen molar-refractivity contribution < 1.29 is 9.53 Å². The van der Waals surface area contributed by atoms with Crippen molar-refractivity contribution in [2.75, 3.05) is 13.2 Å². The molecule has 8 heteroatoms. The van der Waals surface area contributed by atoms with Gasteiger partial charge in [0.05, 0.1) is 24.1 Å². The number of piperidine rings is 1. The molecule has 1 fully saturated rings. The van der Waals surface area contributed by atoms with Gasteiger partial charge in [-0.2, -0.15) is 0 Å². The van der Waals surface area contributed by atoms with Gasteiger partial charge < -0.3 is 10.5 Å². The molecule has 4 rings (SSSR count). The summed E-state index contributed by atoms with van der Waals surface area (Å²) < 4.78 is 7.91. The van der Waals surface area contributed by atoms with E-state index in [1.807, 2.05) is 17.5 Å². The third-order valence-electron chi connectivity index (χ3n) is 5.73. The van der Waals surface area contributed by atoms with E-state index in [9.17, 15) is 4.79 Å². The van der Waals surface area contributed by atoms with Crippen LogP contribution in [-0.4, -0.2) is 45.0 Å². The van der Waals surface area contributed by atoms with E-state index in [1.54, 1.807) is 0 Å². The summed E-state index contributed by atoms with van der Waals surface area (Å²) in [6.45, 7) is 7.07. The molecule has 7 nitrogen and oxygen atoms in total. The Balaban J connectivity index is 1.46. The lowest BCUT2D eigenvalue weighted by molar-refractivity contribution is -0.118. The zero-order chi connectivity index (χ0) is 19.0. The summed E-state index contributed by atoms with van der Waals surface area (Å²) in [6, 6.07) is 2.77. The predicted molar refractivity (Wildman–Crippen MR) is 103 cm³/mol. The molecule has 0 unspecified atom stereocenters. The summed E-state index contributed by atoms with van der Waals surface area (Å²) in [7, 11) is 0. The standard InChI is InChI=1S/C19H27N5O2S/c1-3-15-8-16-17(27-15)4-7-26-19(16)5-6-23(13(2)9-19)10-14-11-24(22-21-14)12-18(20)25/h8,11,13H,3-7,9-10,12H2,1-2H3,(H2,20,25)/t13-,19+/m0/s1. The Morgan fingerprint density at radius 2 is 2.37 bits per heavy atom. The Hall–Kier alpha value is -1.77. The first-order valence-electron chi connectivity index (χ1n) is 9.66. The quantitative estimate of drug-likeness (QED) is 0.843. The fourth-order valence-electron chi connectivity index (χ4n) is 4.37. The molecule has 0 bridgehead atoms. The Morgan fingerprint density at radius 1 is 1.52 bits per heavy atom. The molecular weight excluding hydrogens is 362 g/mol. The van der Waals surface area contributed by atoms with E-state index in [4.69, 9.17) is 10.5 Å². The van der Waals surface area contributed by atoms with Crippen LogP contribution in [0.1, 0.15) is 47.7 Å². The van der Waals surface area contributed by atoms with Crippen LogP contribution in [0.2, 0.25) is 0 Å². The number of nitrogens with zero attached hydrogens (tertiary/aromatic N) is 4. The van der Waals surface area contributed by atoms with Gasteiger partial charge in [-0.25, -0.2) is 4.68 Å². The minimum Gasteiger partial charge on any atom is -0.370 e. The second-order valence-electron chi connectivity index (χ2n) is 7.64. The number of aryl methyl sites for hydroxylation is 1. The second-order valence-corrected chi connectivity index (χ2v) is 8.86. The van der Waals surface area contributed by atoms with E-state index in [-0.39, 0.29) is 12.1 Å². The Labute approximate surface area is 163 Å². The van der Waals surface area contributed by atoms with Crippen LogP contribution in [0.15, 0.2) is 12.3 Å². The van der Waals surface area contributed by atoms with Gasteiger partial charge in [0.25, 0.3) is 0 Å². The maximum absolute atomic E-state index is 11.0. The number of nitrogens with two attached hydrogens (primary N) is 1. The van der Waals surface area contributed by atoms with E-state index >= 15 is 0 Å². The van der Waals surface area contributed by atoms with Gasteiger partial charge in [-0.05, 0) is 37.8 Å². The molecule has 1 spiro atoms. The predicted octanol–water partition coefficient (Wildman–Crippen LogP) is 1.84. The molecule has 0 aliphatic carbocycles. The highest BCUT2D eigenvalue weighted by molar-refractivity contribution is 7.12. The summed E-state index contributed by atoms with van der Waals surface area (Å²) in [6.07, 6.45) is 5.94. The van der Waals surface area contributed by atoms with Crippen LogP contribution >= 0.6 is 11.3 Å². The number of aromatic nitrogens is 3. The van der Waals surface area contributed by atoms with Crippen LogP contribution < -0.4 is 5.73 Å². The average Bonchev–Trinajstić information content (AvgIpc) is 3.24. The average molecular weight is 390 g/mol. The van der Waals surface area contributed by atoms with Gasteiger partial charge in [0.15, 0.2) is 0 Å². The van der Waals surface area contributed by atoms with Crippen molar-refractivity contribution in [2.24, 2.45) is 5.73 Å². The van der Waals surface area contributed by atoms with Crippen LogP contribution in [0.25, 0.3) is 0 Å². The highest BCUT2D eigenvalue weighted by Gasteiger charge is 2.44. The number of carbonyl (C=O) groups is 1. The first kappa shape index (κ1) is 18.6. The molecular formula is C19H27N5O2S. The zero-order valence-corrected chi connectivity index (χ0v) is 16.8. The molecule has 2 aliphatic rings. The Bertz CT molecular complexity index is 832. The molecule has 0 saturated carbocycles. The second kappa shape index (κ2) is 7.33. The molecule has 2 aliphatic heterocycles. The number of likely N-dealkylation sites (tertiary alicyclic amines) is 1. The van der Waals surface area contributed by atoms with Crippen molar-refractivity contribution in [2.45, 2.75) is 64.3 Å². The van der Waals surface area contributed by atoms with E-state index in [2.05, 4.69) is 35.1 Å². The summed E-state index contributed by atoms with van der Waals surface area (Å²) in [4.78, 5) is 16.4. The SMILES string of the molecule is CCc1cc2c(s1)CCO[C@@]21CCN(Cc2cn(CC(N)=O)nn2)[C@@H](C)C1. The molecule has 146 valence electrons. The Kier molecular flexibility index (Phi) is 5.05. The number of thiophene rings is 1. The van der Waals surface area contributed by atoms with Crippen molar-refractivity contribution >= 4 is 17.2 Å². The Morgan fingerprint density at radius 3 is 3.11 bits per heavy atom. The fraction of sp³-hybridized carbons (Fsp3) is 0.632. The van der Waals surface area contributed by atoms with Crippen LogP contribution in [0.5, 0.6) is 0 Å². The van der Waals surface area contributed by atoms with Crippen LogP contribution in [0.4, 0.5) is 0 Å². The van der Waals surface area contributed by atoms with E-state index in [0.29, 0.717) is 6.04 Å². The molecule has 2 atom stereocenters. The normalized spacial score (nSPS) is 25.6. The lowest BCUT2D eigenvalue weighted by Gasteiger charge is -2.47. The third-order valence-corrected chi connectivity index (χ3v) is 7.07. The topological polar surface area (TPSA) is 86.3 Å². The van der Waals surface area contributed by atoms with Crippen molar-refractivity contribution in [1.82, 2.24) is 19.9 Å². The number of primary amides is 1. The van der Waals surface area contributed by atoms with Gasteiger partial charge in [0.1, 0.15) is 6.54 Å². The number of hydrogen-bond donors (Lipinski definition) is 1. The summed E-state index contributed by atoms with van der Waals surface area (Å²) in [5.74, 6) is -0.410. The summed E-state index contributed by atoms with van der Waals surface area (Å²) in [5.41, 5.74) is 7.40. The van der Waals surface area contributed by atoms with Crippen LogP contribution in [0.3, 0.4) is 0 Å². The number of fused-ring (bicyclic) bond motifs is 2. The van der Waals surface area contributed by atoms with E-state index in [0.717, 1.165) is 51.1 Å². The minimum atomic E-state index is -0.410. The van der Waals surface area contributed by atoms with Gasteiger partial charge in [0, 0.05) is 35.3 Å². The number of amides is 1. The molecule has 2 aromatic heterocycles. The lowest BCUT2D eigenvalue weighted by Crippen LogP contribution is -2.50. The number of carbonyl (C=O) groups excluding carboxylic acids is 1. The molecule has 2 N–H and O–H groups in total. The highest BCUT2D eigenvalue weighted by atomic mass is 32.1. The van der Waals surface area contributed by atoms with Crippen molar-refractivity contribution in [3.8, 4) is 0 Å². The fourth-order valence-corrected chi connectivity index (χ4v) is 5.54. The van der Waals surface area contributed by atoms with Crippen LogP contribution in [-0.2, 0) is 41.1 Å². The summed E-state index contributed by atoms with van der Waals surface area (Å²) >= 11 is 1.96. The smallest absolute Gasteiger partial charge is 0.239 e. The molecule has 1 saturated heterocycles. The van der Waals surface area contributed by atoms with E-state index in [1.165, 1.54) is 20.0 Å². The molecule has 0 radical (unpaired) electrons. The molecule has 27 heavy (non-hydrogen) atoms. The number of rotatable bonds is 5. The van der Waals surface area contributed by atoms with Gasteiger partial charge in [-0.3, -0.25) is 9.69 Å². The van der Waals surface area contributed by atoms with Crippen molar-refractivity contribution in [3.05, 3.63) is 33.3 Å². The highest BCUT2D eigenvalue weighted by Crippen LogP contribution is 2.46. The molecule has 4 heterocycles. The zero-order valence-electron chi connectivity index (χ0n) is 16.0. The number of hydrogen-bond acceptors (Lipinski definition) is 6. The molecule has 1 amide bonds. The lowest BCUT2D eigenvalue weighted by atomic mass is 9.79. The largest absolute Gasteiger partial charge is 0.370 e. The van der Waals surface area contributed by atoms with E-state index < -0.39 is 5.91 Å². The van der Waals surface area contributed by atoms with Gasteiger partial charge in [-0.15, -0.1) is 16.4 Å². The first-order chi connectivity index (χ1) is 13.0. The minimum absolute atomic E-state index is 0.0696. The molecule has 0 aromatic carbocycles.